The number of nitrogens with zero attached hydrogens (tertiary/aromatic N) is 1. The normalized spacial score (nSPS) is 19.1. The number of nitriles is 1. The zero-order valence-electron chi connectivity index (χ0n) is 7.88. The molecule has 0 aromatic heterocycles. The van der Waals surface area contributed by atoms with Crippen LogP contribution in [0.5, 0.6) is 0 Å². The van der Waals surface area contributed by atoms with Crippen LogP contribution in [0.25, 0.3) is 0 Å². The number of halogens is 1. The van der Waals surface area contributed by atoms with Crippen molar-refractivity contribution < 1.29 is 9.13 Å². The van der Waals surface area contributed by atoms with Crippen molar-refractivity contribution in [3.63, 3.8) is 0 Å². The van der Waals surface area contributed by atoms with E-state index < -0.39 is 0 Å². The molecule has 14 heavy (non-hydrogen) atoms. The summed E-state index contributed by atoms with van der Waals surface area (Å²) in [6.45, 7) is 0. The molecule has 2 rings (SSSR count). The Labute approximate surface area is 81.9 Å². The summed E-state index contributed by atoms with van der Waals surface area (Å²) in [5, 5.41) is 8.88. The van der Waals surface area contributed by atoms with Crippen LogP contribution >= 0.6 is 0 Å². The molecular weight excluding hydrogens is 181 g/mol. The molecule has 1 atom stereocenters. The first-order chi connectivity index (χ1) is 6.77. The maximum Gasteiger partial charge on any atom is 0.126 e. The highest BCUT2D eigenvalue weighted by Crippen LogP contribution is 2.37. The topological polar surface area (TPSA) is 33.0 Å². The molecule has 0 spiro atoms. The van der Waals surface area contributed by atoms with E-state index in [1.807, 2.05) is 0 Å². The molecule has 0 saturated carbocycles. The summed E-state index contributed by atoms with van der Waals surface area (Å²) in [5.74, 6) is -0.224. The van der Waals surface area contributed by atoms with Crippen molar-refractivity contribution in [2.24, 2.45) is 0 Å². The zero-order valence-corrected chi connectivity index (χ0v) is 7.88. The van der Waals surface area contributed by atoms with Gasteiger partial charge < -0.3 is 4.74 Å². The molecule has 72 valence electrons. The molecule has 3 heteroatoms. The summed E-state index contributed by atoms with van der Waals surface area (Å²) in [5.41, 5.74) is 1.93. The van der Waals surface area contributed by atoms with Gasteiger partial charge in [0.2, 0.25) is 0 Å². The Bertz CT molecular complexity index is 408. The van der Waals surface area contributed by atoms with Crippen molar-refractivity contribution in [2.45, 2.75) is 18.9 Å². The minimum Gasteiger partial charge on any atom is -0.377 e. The molecule has 0 N–H and O–H groups in total. The van der Waals surface area contributed by atoms with Gasteiger partial charge in [0.15, 0.2) is 0 Å². The maximum atomic E-state index is 13.4. The first kappa shape index (κ1) is 9.17. The Kier molecular flexibility index (Phi) is 2.22. The average molecular weight is 191 g/mol. The standard InChI is InChI=1S/C11H10FNO/c1-14-10-5-3-8-9(12)4-2-7(6-13)11(8)10/h2,4,10H,3,5H2,1H3. The van der Waals surface area contributed by atoms with Gasteiger partial charge in [-0.2, -0.15) is 5.26 Å². The smallest absolute Gasteiger partial charge is 0.126 e. The summed E-state index contributed by atoms with van der Waals surface area (Å²) in [6.07, 6.45) is 1.31. The van der Waals surface area contributed by atoms with Crippen LogP contribution in [0.4, 0.5) is 4.39 Å². The molecule has 1 aromatic rings. The average Bonchev–Trinajstić information content (AvgIpc) is 2.63. The molecule has 0 heterocycles. The number of benzene rings is 1. The molecule has 0 amide bonds. The van der Waals surface area contributed by atoms with E-state index in [4.69, 9.17) is 10.00 Å². The molecule has 0 radical (unpaired) electrons. The molecule has 0 saturated heterocycles. The van der Waals surface area contributed by atoms with Gasteiger partial charge in [0.1, 0.15) is 5.82 Å². The highest BCUT2D eigenvalue weighted by atomic mass is 19.1. The Morgan fingerprint density at radius 3 is 3.00 bits per heavy atom. The number of rotatable bonds is 1. The molecule has 2 nitrogen and oxygen atoms in total. The lowest BCUT2D eigenvalue weighted by molar-refractivity contribution is 0.105. The second-order valence-corrected chi connectivity index (χ2v) is 3.36. The highest BCUT2D eigenvalue weighted by molar-refractivity contribution is 5.47. The fourth-order valence-electron chi connectivity index (χ4n) is 2.01. The van der Waals surface area contributed by atoms with Crippen molar-refractivity contribution >= 4 is 0 Å². The lowest BCUT2D eigenvalue weighted by Crippen LogP contribution is -1.99. The van der Waals surface area contributed by atoms with Crippen LogP contribution in [0.3, 0.4) is 0 Å². The van der Waals surface area contributed by atoms with E-state index in [9.17, 15) is 4.39 Å². The predicted octanol–water partition coefficient (Wildman–Crippen LogP) is 2.33. The Morgan fingerprint density at radius 2 is 2.36 bits per heavy atom. The third kappa shape index (κ3) is 1.19. The molecule has 1 aliphatic rings. The number of methoxy groups -OCH3 is 1. The van der Waals surface area contributed by atoms with Gasteiger partial charge in [-0.1, -0.05) is 0 Å². The lowest BCUT2D eigenvalue weighted by atomic mass is 10.0. The SMILES string of the molecule is COC1CCc2c(F)ccc(C#N)c21. The van der Waals surface area contributed by atoms with Gasteiger partial charge in [-0.15, -0.1) is 0 Å². The summed E-state index contributed by atoms with van der Waals surface area (Å²) in [4.78, 5) is 0. The third-order valence-electron chi connectivity index (χ3n) is 2.68. The quantitative estimate of drug-likeness (QED) is 0.682. The number of hydrogen-bond donors (Lipinski definition) is 0. The largest absolute Gasteiger partial charge is 0.377 e. The van der Waals surface area contributed by atoms with Gasteiger partial charge in [-0.05, 0) is 30.5 Å². The van der Waals surface area contributed by atoms with Gasteiger partial charge >= 0.3 is 0 Å². The Balaban J connectivity index is 2.61. The summed E-state index contributed by atoms with van der Waals surface area (Å²) >= 11 is 0. The maximum absolute atomic E-state index is 13.4. The van der Waals surface area contributed by atoms with Crippen LogP contribution < -0.4 is 0 Å². The second-order valence-electron chi connectivity index (χ2n) is 3.36. The summed E-state index contributed by atoms with van der Waals surface area (Å²) < 4.78 is 18.6. The predicted molar refractivity (Wildman–Crippen MR) is 49.2 cm³/mol. The van der Waals surface area contributed by atoms with Crippen molar-refractivity contribution in [3.8, 4) is 6.07 Å². The lowest BCUT2D eigenvalue weighted by Gasteiger charge is -2.10. The molecule has 1 unspecified atom stereocenters. The minimum absolute atomic E-state index is 0.115. The highest BCUT2D eigenvalue weighted by Gasteiger charge is 2.27. The third-order valence-corrected chi connectivity index (χ3v) is 2.68. The van der Waals surface area contributed by atoms with Gasteiger partial charge in [0.25, 0.3) is 0 Å². The van der Waals surface area contributed by atoms with Crippen molar-refractivity contribution in [1.29, 1.82) is 5.26 Å². The van der Waals surface area contributed by atoms with E-state index in [-0.39, 0.29) is 11.9 Å². The molecule has 1 aromatic carbocycles. The van der Waals surface area contributed by atoms with E-state index in [2.05, 4.69) is 6.07 Å². The molecule has 0 aliphatic heterocycles. The fraction of sp³-hybridized carbons (Fsp3) is 0.364. The molecule has 1 aliphatic carbocycles. The van der Waals surface area contributed by atoms with Crippen molar-refractivity contribution in [1.82, 2.24) is 0 Å². The van der Waals surface area contributed by atoms with Crippen LogP contribution in [-0.2, 0) is 11.2 Å². The van der Waals surface area contributed by atoms with Crippen LogP contribution in [0.15, 0.2) is 12.1 Å². The van der Waals surface area contributed by atoms with Gasteiger partial charge in [0, 0.05) is 12.7 Å². The second kappa shape index (κ2) is 3.39. The summed E-state index contributed by atoms with van der Waals surface area (Å²) in [6, 6.07) is 4.95. The zero-order chi connectivity index (χ0) is 10.1. The first-order valence-corrected chi connectivity index (χ1v) is 4.52. The number of fused-ring (bicyclic) bond motifs is 1. The van der Waals surface area contributed by atoms with Crippen molar-refractivity contribution in [2.75, 3.05) is 7.11 Å². The van der Waals surface area contributed by atoms with E-state index in [1.165, 1.54) is 12.1 Å². The number of hydrogen-bond acceptors (Lipinski definition) is 2. The van der Waals surface area contributed by atoms with Crippen LogP contribution in [0, 0.1) is 17.1 Å². The van der Waals surface area contributed by atoms with E-state index >= 15 is 0 Å². The van der Waals surface area contributed by atoms with E-state index in [0.717, 1.165) is 12.0 Å². The number of ether oxygens (including phenoxy) is 1. The molecule has 0 fully saturated rings. The van der Waals surface area contributed by atoms with Gasteiger partial charge in [0.05, 0.1) is 17.7 Å². The molecule has 0 bridgehead atoms. The van der Waals surface area contributed by atoms with Crippen LogP contribution in [0.1, 0.15) is 29.2 Å². The van der Waals surface area contributed by atoms with Crippen molar-refractivity contribution in [3.05, 3.63) is 34.6 Å². The van der Waals surface area contributed by atoms with Gasteiger partial charge in [-0.3, -0.25) is 0 Å². The Hall–Kier alpha value is -1.40. The Morgan fingerprint density at radius 1 is 1.57 bits per heavy atom. The van der Waals surface area contributed by atoms with Crippen LogP contribution in [-0.4, -0.2) is 7.11 Å². The fourth-order valence-corrected chi connectivity index (χ4v) is 2.01. The van der Waals surface area contributed by atoms with E-state index in [1.54, 1.807) is 7.11 Å². The molecular formula is C11H10FNO. The summed E-state index contributed by atoms with van der Waals surface area (Å²) in [7, 11) is 1.59. The minimum atomic E-state index is -0.224. The van der Waals surface area contributed by atoms with Crippen LogP contribution in [0.2, 0.25) is 0 Å². The monoisotopic (exact) mass is 191 g/mol. The van der Waals surface area contributed by atoms with E-state index in [0.29, 0.717) is 17.5 Å². The first-order valence-electron chi connectivity index (χ1n) is 4.52. The van der Waals surface area contributed by atoms with Gasteiger partial charge in [-0.25, -0.2) is 4.39 Å².